The molecule has 31 heavy (non-hydrogen) atoms. The number of hydrogen-bond donors (Lipinski definition) is 1. The van der Waals surface area contributed by atoms with Crippen molar-refractivity contribution in [3.8, 4) is 17.2 Å². The highest BCUT2D eigenvalue weighted by molar-refractivity contribution is 6.00. The number of carboxylic acids is 1. The van der Waals surface area contributed by atoms with Gasteiger partial charge in [0.2, 0.25) is 5.75 Å². The Morgan fingerprint density at radius 1 is 0.935 bits per heavy atom. The van der Waals surface area contributed by atoms with Crippen LogP contribution in [-0.2, 0) is 4.79 Å². The highest BCUT2D eigenvalue weighted by atomic mass is 16.5. The molecule has 0 spiro atoms. The van der Waals surface area contributed by atoms with Gasteiger partial charge in [0.05, 0.1) is 31.3 Å². The smallest absolute Gasteiger partial charge is 0.306 e. The number of ketones is 1. The van der Waals surface area contributed by atoms with Gasteiger partial charge in [-0.15, -0.1) is 0 Å². The Morgan fingerprint density at radius 3 is 2.10 bits per heavy atom. The molecule has 1 aliphatic rings. The van der Waals surface area contributed by atoms with Crippen molar-refractivity contribution in [1.29, 1.82) is 0 Å². The summed E-state index contributed by atoms with van der Waals surface area (Å²) in [4.78, 5) is 26.4. The number of nitrogens with zero attached hydrogens (tertiary/aromatic N) is 1. The molecule has 0 atom stereocenters. The second-order valence-electron chi connectivity index (χ2n) is 7.94. The molecule has 0 amide bonds. The second kappa shape index (κ2) is 13.2. The third-order valence-corrected chi connectivity index (χ3v) is 5.33. The van der Waals surface area contributed by atoms with Crippen molar-refractivity contribution in [3.05, 3.63) is 17.7 Å². The molecule has 0 radical (unpaired) electrons. The van der Waals surface area contributed by atoms with Crippen molar-refractivity contribution in [1.82, 2.24) is 4.90 Å². The summed E-state index contributed by atoms with van der Waals surface area (Å²) >= 11 is 0. The van der Waals surface area contributed by atoms with Gasteiger partial charge in [0.1, 0.15) is 0 Å². The van der Waals surface area contributed by atoms with Gasteiger partial charge in [-0.2, -0.15) is 0 Å². The monoisotopic (exact) mass is 435 g/mol. The molecule has 1 heterocycles. The molecule has 7 heteroatoms. The molecule has 174 valence electrons. The number of likely N-dealkylation sites (tertiary alicyclic amines) is 1. The Kier molecular flexibility index (Phi) is 10.6. The lowest BCUT2D eigenvalue weighted by Crippen LogP contribution is -2.37. The van der Waals surface area contributed by atoms with Crippen LogP contribution in [0.4, 0.5) is 0 Å². The van der Waals surface area contributed by atoms with E-state index in [1.807, 2.05) is 20.8 Å². The largest absolute Gasteiger partial charge is 0.490 e. The molecule has 2 rings (SSSR count). The minimum atomic E-state index is -0.724. The van der Waals surface area contributed by atoms with E-state index in [4.69, 9.17) is 19.3 Å². The fourth-order valence-electron chi connectivity index (χ4n) is 3.58. The summed E-state index contributed by atoms with van der Waals surface area (Å²) in [6.07, 6.45) is 4.14. The van der Waals surface area contributed by atoms with Gasteiger partial charge in [0.25, 0.3) is 0 Å². The Morgan fingerprint density at radius 2 is 1.52 bits per heavy atom. The summed E-state index contributed by atoms with van der Waals surface area (Å²) in [5.41, 5.74) is 0.517. The van der Waals surface area contributed by atoms with Crippen molar-refractivity contribution < 1.29 is 28.9 Å². The number of ether oxygens (including phenoxy) is 3. The van der Waals surface area contributed by atoms with Crippen LogP contribution in [0.1, 0.15) is 69.7 Å². The highest BCUT2D eigenvalue weighted by Crippen LogP contribution is 2.41. The fraction of sp³-hybridized carbons (Fsp3) is 0.667. The molecule has 7 nitrogen and oxygen atoms in total. The normalized spacial score (nSPS) is 14.9. The standard InChI is InChI=1S/C24H37NO6/c1-4-15-29-21-8-7-19(22(30-16-5-2)23(21)31-17-6-3)20(26)11-14-25-12-9-18(10-13-25)24(27)28/h7-8,18H,4-6,9-17H2,1-3H3,(H,27,28). The van der Waals surface area contributed by atoms with Gasteiger partial charge >= 0.3 is 5.97 Å². The minimum absolute atomic E-state index is 0.00477. The van der Waals surface area contributed by atoms with E-state index in [0.717, 1.165) is 19.3 Å². The van der Waals surface area contributed by atoms with Gasteiger partial charge in [0.15, 0.2) is 17.3 Å². The summed E-state index contributed by atoms with van der Waals surface area (Å²) in [5.74, 6) is 0.590. The average molecular weight is 436 g/mol. The quantitative estimate of drug-likeness (QED) is 0.433. The molecular weight excluding hydrogens is 398 g/mol. The molecular formula is C24H37NO6. The topological polar surface area (TPSA) is 85.3 Å². The van der Waals surface area contributed by atoms with E-state index in [9.17, 15) is 9.59 Å². The van der Waals surface area contributed by atoms with Crippen molar-refractivity contribution >= 4 is 11.8 Å². The number of Topliss-reactive ketones (excluding diaryl/α,β-unsaturated/α-hetero) is 1. The van der Waals surface area contributed by atoms with Crippen LogP contribution in [0.25, 0.3) is 0 Å². The number of rotatable bonds is 14. The lowest BCUT2D eigenvalue weighted by molar-refractivity contribution is -0.143. The molecule has 1 saturated heterocycles. The number of carboxylic acid groups (broad SMARTS) is 1. The summed E-state index contributed by atoms with van der Waals surface area (Å²) in [7, 11) is 0. The first kappa shape index (κ1) is 25.0. The number of carbonyl (C=O) groups is 2. The van der Waals surface area contributed by atoms with Crippen LogP contribution in [0.5, 0.6) is 17.2 Å². The molecule has 0 aliphatic carbocycles. The van der Waals surface area contributed by atoms with Crippen LogP contribution < -0.4 is 14.2 Å². The summed E-state index contributed by atoms with van der Waals surface area (Å²) in [6.45, 7) is 9.68. The number of aliphatic carboxylic acids is 1. The van der Waals surface area contributed by atoms with Crippen LogP contribution in [-0.4, -0.2) is 61.2 Å². The first-order valence-corrected chi connectivity index (χ1v) is 11.5. The lowest BCUT2D eigenvalue weighted by atomic mass is 9.96. The molecule has 1 fully saturated rings. The zero-order valence-electron chi connectivity index (χ0n) is 19.2. The third kappa shape index (κ3) is 7.42. The van der Waals surface area contributed by atoms with Crippen LogP contribution in [0.15, 0.2) is 12.1 Å². The van der Waals surface area contributed by atoms with Gasteiger partial charge in [-0.25, -0.2) is 0 Å². The SMILES string of the molecule is CCCOc1ccc(C(=O)CCN2CCC(C(=O)O)CC2)c(OCCC)c1OCCC. The predicted octanol–water partition coefficient (Wildman–Crippen LogP) is 4.42. The number of benzene rings is 1. The zero-order chi connectivity index (χ0) is 22.6. The van der Waals surface area contributed by atoms with Crippen LogP contribution >= 0.6 is 0 Å². The van der Waals surface area contributed by atoms with Crippen molar-refractivity contribution in [2.75, 3.05) is 39.5 Å². The van der Waals surface area contributed by atoms with E-state index in [0.29, 0.717) is 81.5 Å². The maximum Gasteiger partial charge on any atom is 0.306 e. The first-order chi connectivity index (χ1) is 15.0. The van der Waals surface area contributed by atoms with E-state index in [1.54, 1.807) is 12.1 Å². The Bertz CT molecular complexity index is 712. The molecule has 1 aromatic rings. The Balaban J connectivity index is 2.14. The Labute approximate surface area is 185 Å². The predicted molar refractivity (Wildman–Crippen MR) is 120 cm³/mol. The van der Waals surface area contributed by atoms with E-state index < -0.39 is 5.97 Å². The van der Waals surface area contributed by atoms with Crippen LogP contribution in [0.3, 0.4) is 0 Å². The maximum absolute atomic E-state index is 13.1. The molecule has 0 aromatic heterocycles. The maximum atomic E-state index is 13.1. The highest BCUT2D eigenvalue weighted by Gasteiger charge is 2.26. The van der Waals surface area contributed by atoms with Crippen molar-refractivity contribution in [2.24, 2.45) is 5.92 Å². The fourth-order valence-corrected chi connectivity index (χ4v) is 3.58. The van der Waals surface area contributed by atoms with Gasteiger partial charge in [0, 0.05) is 13.0 Å². The molecule has 1 aromatic carbocycles. The average Bonchev–Trinajstić information content (AvgIpc) is 2.78. The van der Waals surface area contributed by atoms with Crippen LogP contribution in [0, 0.1) is 5.92 Å². The van der Waals surface area contributed by atoms with E-state index in [-0.39, 0.29) is 11.7 Å². The third-order valence-electron chi connectivity index (χ3n) is 5.33. The van der Waals surface area contributed by atoms with Gasteiger partial charge in [-0.05, 0) is 57.3 Å². The van der Waals surface area contributed by atoms with E-state index in [2.05, 4.69) is 4.90 Å². The number of carbonyl (C=O) groups excluding carboxylic acids is 1. The summed E-state index contributed by atoms with van der Waals surface area (Å²) in [5, 5.41) is 9.15. The first-order valence-electron chi connectivity index (χ1n) is 11.5. The number of piperidine rings is 1. The lowest BCUT2D eigenvalue weighted by Gasteiger charge is -2.29. The molecule has 0 bridgehead atoms. The van der Waals surface area contributed by atoms with Crippen LogP contribution in [0.2, 0.25) is 0 Å². The summed E-state index contributed by atoms with van der Waals surface area (Å²) < 4.78 is 17.8. The number of hydrogen-bond acceptors (Lipinski definition) is 6. The van der Waals surface area contributed by atoms with E-state index in [1.165, 1.54) is 0 Å². The van der Waals surface area contributed by atoms with Gasteiger partial charge in [-0.1, -0.05) is 20.8 Å². The van der Waals surface area contributed by atoms with E-state index >= 15 is 0 Å². The minimum Gasteiger partial charge on any atom is -0.490 e. The Hall–Kier alpha value is -2.28. The van der Waals surface area contributed by atoms with Crippen molar-refractivity contribution in [3.63, 3.8) is 0 Å². The molecule has 1 aliphatic heterocycles. The van der Waals surface area contributed by atoms with Gasteiger partial charge < -0.3 is 24.2 Å². The van der Waals surface area contributed by atoms with Crippen molar-refractivity contribution in [2.45, 2.75) is 59.3 Å². The summed E-state index contributed by atoms with van der Waals surface area (Å²) in [6, 6.07) is 3.57. The zero-order valence-corrected chi connectivity index (χ0v) is 19.2. The molecule has 1 N–H and O–H groups in total. The molecule has 0 saturated carbocycles. The van der Waals surface area contributed by atoms with Gasteiger partial charge in [-0.3, -0.25) is 9.59 Å². The second-order valence-corrected chi connectivity index (χ2v) is 7.94. The molecule has 0 unspecified atom stereocenters.